The van der Waals surface area contributed by atoms with E-state index < -0.39 is 10.0 Å². The summed E-state index contributed by atoms with van der Waals surface area (Å²) < 4.78 is 28.1. The maximum atomic E-state index is 13.0. The summed E-state index contributed by atoms with van der Waals surface area (Å²) in [5.41, 5.74) is 1.55. The number of amides is 1. The van der Waals surface area contributed by atoms with Crippen molar-refractivity contribution in [3.8, 4) is 0 Å². The van der Waals surface area contributed by atoms with Crippen molar-refractivity contribution in [1.82, 2.24) is 9.62 Å². The van der Waals surface area contributed by atoms with Gasteiger partial charge in [-0.1, -0.05) is 30.3 Å². The number of likely N-dealkylation sites (tertiary alicyclic amines) is 1. The molecular weight excluding hydrogens is 392 g/mol. The smallest absolute Gasteiger partial charge is 0.255 e. The first-order chi connectivity index (χ1) is 13.5. The van der Waals surface area contributed by atoms with Crippen LogP contribution in [0.4, 0.5) is 0 Å². The lowest BCUT2D eigenvalue weighted by molar-refractivity contribution is 0.0720. The van der Waals surface area contributed by atoms with Gasteiger partial charge in [-0.3, -0.25) is 4.79 Å². The highest BCUT2D eigenvalue weighted by atomic mass is 32.2. The van der Waals surface area contributed by atoms with Gasteiger partial charge in [0.25, 0.3) is 5.91 Å². The van der Waals surface area contributed by atoms with Gasteiger partial charge in [-0.25, -0.2) is 13.1 Å². The average Bonchev–Trinajstić information content (AvgIpc) is 2.74. The molecule has 1 amide bonds. The third-order valence-electron chi connectivity index (χ3n) is 4.90. The summed E-state index contributed by atoms with van der Waals surface area (Å²) in [7, 11) is -3.67. The lowest BCUT2D eigenvalue weighted by Crippen LogP contribution is -2.36. The molecule has 0 saturated carbocycles. The molecule has 150 valence electrons. The number of carbonyl (C=O) groups excluding carboxylic acids is 1. The topological polar surface area (TPSA) is 66.5 Å². The zero-order valence-corrected chi connectivity index (χ0v) is 17.7. The Bertz CT molecular complexity index is 909. The fraction of sp³-hybridized carbons (Fsp3) is 0.381. The van der Waals surface area contributed by atoms with Crippen LogP contribution < -0.4 is 4.72 Å². The van der Waals surface area contributed by atoms with E-state index in [1.807, 2.05) is 41.5 Å². The van der Waals surface area contributed by atoms with Gasteiger partial charge in [0.15, 0.2) is 0 Å². The Balaban J connectivity index is 1.76. The number of nitrogens with one attached hydrogen (secondary N) is 1. The number of benzene rings is 2. The lowest BCUT2D eigenvalue weighted by Gasteiger charge is -2.27. The largest absolute Gasteiger partial charge is 0.339 e. The van der Waals surface area contributed by atoms with Gasteiger partial charge in [-0.2, -0.15) is 0 Å². The minimum absolute atomic E-state index is 0.0783. The van der Waals surface area contributed by atoms with E-state index >= 15 is 0 Å². The summed E-state index contributed by atoms with van der Waals surface area (Å²) >= 11 is 1.46. The van der Waals surface area contributed by atoms with Crippen molar-refractivity contribution < 1.29 is 13.2 Å². The molecule has 3 rings (SSSR count). The molecule has 0 atom stereocenters. The first-order valence-corrected chi connectivity index (χ1v) is 12.2. The molecule has 5 nitrogen and oxygen atoms in total. The van der Waals surface area contributed by atoms with Crippen LogP contribution in [0.5, 0.6) is 0 Å². The molecule has 1 aliphatic rings. The molecule has 7 heteroatoms. The van der Waals surface area contributed by atoms with Crippen LogP contribution in [-0.4, -0.2) is 45.1 Å². The Labute approximate surface area is 171 Å². The Morgan fingerprint density at radius 2 is 1.79 bits per heavy atom. The summed E-state index contributed by atoms with van der Waals surface area (Å²) in [6, 6.07) is 14.6. The van der Waals surface area contributed by atoms with E-state index in [1.54, 1.807) is 12.1 Å². The highest BCUT2D eigenvalue weighted by molar-refractivity contribution is 7.98. The monoisotopic (exact) mass is 418 g/mol. The first kappa shape index (κ1) is 20.9. The third kappa shape index (κ3) is 5.16. The highest BCUT2D eigenvalue weighted by Crippen LogP contribution is 2.26. The van der Waals surface area contributed by atoms with Crippen LogP contribution in [0.15, 0.2) is 58.3 Å². The van der Waals surface area contributed by atoms with Gasteiger partial charge in [-0.05, 0) is 55.7 Å². The molecule has 0 aromatic heterocycles. The SMILES string of the molecule is CSc1ccc(S(=O)(=O)NCCc2ccccc2)cc1C(=O)N1CCCCC1. The van der Waals surface area contributed by atoms with E-state index in [-0.39, 0.29) is 10.8 Å². The van der Waals surface area contributed by atoms with Crippen LogP contribution >= 0.6 is 11.8 Å². The fourth-order valence-electron chi connectivity index (χ4n) is 3.35. The molecule has 2 aromatic carbocycles. The Morgan fingerprint density at radius 1 is 1.07 bits per heavy atom. The molecule has 0 aliphatic carbocycles. The number of hydrogen-bond acceptors (Lipinski definition) is 4. The number of hydrogen-bond donors (Lipinski definition) is 1. The van der Waals surface area contributed by atoms with Gasteiger partial charge in [0.1, 0.15) is 0 Å². The van der Waals surface area contributed by atoms with E-state index in [1.165, 1.54) is 17.8 Å². The van der Waals surface area contributed by atoms with Crippen LogP contribution in [0.1, 0.15) is 35.2 Å². The summed E-state index contributed by atoms with van der Waals surface area (Å²) in [5, 5.41) is 0. The van der Waals surface area contributed by atoms with Crippen LogP contribution in [0.3, 0.4) is 0 Å². The minimum atomic E-state index is -3.67. The van der Waals surface area contributed by atoms with E-state index in [2.05, 4.69) is 4.72 Å². The predicted molar refractivity (Wildman–Crippen MR) is 113 cm³/mol. The Kier molecular flexibility index (Phi) is 7.15. The maximum absolute atomic E-state index is 13.0. The average molecular weight is 419 g/mol. The van der Waals surface area contributed by atoms with Crippen LogP contribution in [0.25, 0.3) is 0 Å². The van der Waals surface area contributed by atoms with Crippen molar-refractivity contribution in [1.29, 1.82) is 0 Å². The standard InChI is InChI=1S/C21H26N2O3S2/c1-27-20-11-10-18(16-19(20)21(24)23-14-6-3-7-15-23)28(25,26)22-13-12-17-8-4-2-5-9-17/h2,4-5,8-11,16,22H,3,6-7,12-15H2,1H3. The third-order valence-corrected chi connectivity index (χ3v) is 7.16. The number of sulfonamides is 1. The Morgan fingerprint density at radius 3 is 2.46 bits per heavy atom. The molecule has 1 fully saturated rings. The molecule has 0 spiro atoms. The number of carbonyl (C=O) groups is 1. The summed E-state index contributed by atoms with van der Waals surface area (Å²) in [5.74, 6) is -0.0783. The van der Waals surface area contributed by atoms with Crippen LogP contribution in [0.2, 0.25) is 0 Å². The number of rotatable bonds is 7. The zero-order valence-electron chi connectivity index (χ0n) is 16.1. The molecule has 1 N–H and O–H groups in total. The summed E-state index contributed by atoms with van der Waals surface area (Å²) in [6.45, 7) is 1.78. The molecule has 0 radical (unpaired) electrons. The van der Waals surface area contributed by atoms with Gasteiger partial charge in [0.2, 0.25) is 10.0 Å². The van der Waals surface area contributed by atoms with E-state index in [9.17, 15) is 13.2 Å². The van der Waals surface area contributed by atoms with E-state index in [4.69, 9.17) is 0 Å². The van der Waals surface area contributed by atoms with Gasteiger partial charge in [-0.15, -0.1) is 11.8 Å². The molecule has 28 heavy (non-hydrogen) atoms. The Hall–Kier alpha value is -1.83. The van der Waals surface area contributed by atoms with Crippen LogP contribution in [-0.2, 0) is 16.4 Å². The molecular formula is C21H26N2O3S2. The van der Waals surface area contributed by atoms with Crippen molar-refractivity contribution in [3.05, 3.63) is 59.7 Å². The second kappa shape index (κ2) is 9.58. The molecule has 0 bridgehead atoms. The van der Waals surface area contributed by atoms with Crippen molar-refractivity contribution in [2.45, 2.75) is 35.5 Å². The maximum Gasteiger partial charge on any atom is 0.255 e. The summed E-state index contributed by atoms with van der Waals surface area (Å²) in [6.07, 6.45) is 5.65. The van der Waals surface area contributed by atoms with E-state index in [0.29, 0.717) is 18.5 Å². The van der Waals surface area contributed by atoms with Gasteiger partial charge in [0, 0.05) is 24.5 Å². The van der Waals surface area contributed by atoms with Gasteiger partial charge >= 0.3 is 0 Å². The minimum Gasteiger partial charge on any atom is -0.339 e. The lowest BCUT2D eigenvalue weighted by atomic mass is 10.1. The molecule has 0 unspecified atom stereocenters. The number of thioether (sulfide) groups is 1. The van der Waals surface area contributed by atoms with Crippen LogP contribution in [0, 0.1) is 0 Å². The van der Waals surface area contributed by atoms with Gasteiger partial charge < -0.3 is 4.90 Å². The zero-order chi connectivity index (χ0) is 20.0. The molecule has 1 saturated heterocycles. The number of piperidine rings is 1. The normalized spacial score (nSPS) is 14.8. The molecule has 2 aromatic rings. The van der Waals surface area contributed by atoms with Crippen molar-refractivity contribution in [3.63, 3.8) is 0 Å². The molecule has 1 aliphatic heterocycles. The number of nitrogens with zero attached hydrogens (tertiary/aromatic N) is 1. The highest BCUT2D eigenvalue weighted by Gasteiger charge is 2.23. The first-order valence-electron chi connectivity index (χ1n) is 9.52. The second-order valence-electron chi connectivity index (χ2n) is 6.85. The van der Waals surface area contributed by atoms with Crippen molar-refractivity contribution in [2.75, 3.05) is 25.9 Å². The molecule has 1 heterocycles. The summed E-state index contributed by atoms with van der Waals surface area (Å²) in [4.78, 5) is 15.7. The van der Waals surface area contributed by atoms with Gasteiger partial charge in [0.05, 0.1) is 10.5 Å². The second-order valence-corrected chi connectivity index (χ2v) is 9.46. The quantitative estimate of drug-likeness (QED) is 0.698. The van der Waals surface area contributed by atoms with Crippen molar-refractivity contribution >= 4 is 27.7 Å². The van der Waals surface area contributed by atoms with E-state index in [0.717, 1.165) is 42.8 Å². The predicted octanol–water partition coefficient (Wildman–Crippen LogP) is 3.56. The van der Waals surface area contributed by atoms with Crippen molar-refractivity contribution in [2.24, 2.45) is 0 Å². The fourth-order valence-corrected chi connectivity index (χ4v) is 4.97.